The van der Waals surface area contributed by atoms with E-state index in [1.54, 1.807) is 0 Å². The molecule has 0 atom stereocenters. The van der Waals surface area contributed by atoms with E-state index in [1.807, 2.05) is 83.4 Å². The lowest BCUT2D eigenvalue weighted by atomic mass is 10.0. The zero-order valence-electron chi connectivity index (χ0n) is 18.6. The topological polar surface area (TPSA) is 76.9 Å². The Labute approximate surface area is 210 Å². The van der Waals surface area contributed by atoms with Crippen LogP contribution < -0.4 is 5.32 Å². The molecule has 1 N–H and O–H groups in total. The van der Waals surface area contributed by atoms with Crippen LogP contribution in [-0.2, 0) is 11.2 Å². The summed E-state index contributed by atoms with van der Waals surface area (Å²) < 4.78 is 2.90. The van der Waals surface area contributed by atoms with Crippen molar-refractivity contribution in [1.82, 2.24) is 20.1 Å². The van der Waals surface area contributed by atoms with E-state index in [4.69, 9.17) is 0 Å². The second kappa shape index (κ2) is 11.3. The van der Waals surface area contributed by atoms with Crippen molar-refractivity contribution < 1.29 is 9.59 Å². The molecule has 0 aliphatic carbocycles. The Kier molecular flexibility index (Phi) is 7.92. The molecular weight excluding hydrogens is 512 g/mol. The van der Waals surface area contributed by atoms with Crippen LogP contribution in [-0.4, -0.2) is 38.8 Å². The minimum Gasteiger partial charge on any atom is -0.356 e. The third-order valence-corrected chi connectivity index (χ3v) is 6.61. The van der Waals surface area contributed by atoms with E-state index in [9.17, 15) is 9.59 Å². The first-order valence-corrected chi connectivity index (χ1v) is 12.6. The van der Waals surface area contributed by atoms with Gasteiger partial charge in [0.2, 0.25) is 5.91 Å². The van der Waals surface area contributed by atoms with Crippen LogP contribution in [0.1, 0.15) is 23.1 Å². The summed E-state index contributed by atoms with van der Waals surface area (Å²) in [6.07, 6.45) is 0.526. The highest BCUT2D eigenvalue weighted by molar-refractivity contribution is 9.10. The highest BCUT2D eigenvalue weighted by Crippen LogP contribution is 2.25. The largest absolute Gasteiger partial charge is 0.356 e. The summed E-state index contributed by atoms with van der Waals surface area (Å²) in [6, 6.07) is 25.6. The fraction of sp³-hybridized carbons (Fsp3) is 0.154. The predicted octanol–water partition coefficient (Wildman–Crippen LogP) is 5.35. The van der Waals surface area contributed by atoms with E-state index in [0.717, 1.165) is 27.1 Å². The van der Waals surface area contributed by atoms with Gasteiger partial charge >= 0.3 is 0 Å². The van der Waals surface area contributed by atoms with Gasteiger partial charge in [0.25, 0.3) is 0 Å². The molecule has 4 aromatic rings. The van der Waals surface area contributed by atoms with Crippen LogP contribution in [0.25, 0.3) is 16.8 Å². The number of thioether (sulfide) groups is 1. The summed E-state index contributed by atoms with van der Waals surface area (Å²) in [5.41, 5.74) is 3.75. The molecule has 0 bridgehead atoms. The quantitative estimate of drug-likeness (QED) is 0.231. The van der Waals surface area contributed by atoms with Gasteiger partial charge in [0.05, 0.1) is 5.75 Å². The number of hydrogen-bond donors (Lipinski definition) is 1. The molecule has 6 nitrogen and oxygen atoms in total. The van der Waals surface area contributed by atoms with E-state index in [2.05, 4.69) is 31.4 Å². The van der Waals surface area contributed by atoms with Gasteiger partial charge in [-0.25, -0.2) is 0 Å². The van der Waals surface area contributed by atoms with Crippen molar-refractivity contribution in [3.63, 3.8) is 0 Å². The molecule has 34 heavy (non-hydrogen) atoms. The van der Waals surface area contributed by atoms with Gasteiger partial charge in [-0.2, -0.15) is 0 Å². The summed E-state index contributed by atoms with van der Waals surface area (Å²) in [5.74, 6) is 0.895. The average Bonchev–Trinajstić information content (AvgIpc) is 3.26. The number of rotatable bonds is 9. The number of carbonyl (C=O) groups excluding carboxylic acids is 2. The predicted molar refractivity (Wildman–Crippen MR) is 138 cm³/mol. The van der Waals surface area contributed by atoms with E-state index in [1.165, 1.54) is 18.7 Å². The van der Waals surface area contributed by atoms with Crippen molar-refractivity contribution in [3.05, 3.63) is 94.7 Å². The first-order chi connectivity index (χ1) is 16.5. The number of halogens is 1. The highest BCUT2D eigenvalue weighted by atomic mass is 79.9. The molecule has 3 aromatic carbocycles. The maximum atomic E-state index is 12.9. The third kappa shape index (κ3) is 6.01. The Balaban J connectivity index is 1.49. The van der Waals surface area contributed by atoms with Gasteiger partial charge in [-0.05, 0) is 35.4 Å². The monoisotopic (exact) mass is 534 g/mol. The molecule has 0 radical (unpaired) electrons. The Morgan fingerprint density at radius 2 is 1.59 bits per heavy atom. The Bertz CT molecular complexity index is 1270. The minimum absolute atomic E-state index is 0.0229. The zero-order chi connectivity index (χ0) is 23.9. The van der Waals surface area contributed by atoms with E-state index in [0.29, 0.717) is 23.7 Å². The smallest absolute Gasteiger partial charge is 0.216 e. The van der Waals surface area contributed by atoms with Crippen molar-refractivity contribution in [2.24, 2.45) is 0 Å². The van der Waals surface area contributed by atoms with Crippen LogP contribution in [0.2, 0.25) is 0 Å². The van der Waals surface area contributed by atoms with Gasteiger partial charge in [0.1, 0.15) is 5.82 Å². The van der Waals surface area contributed by atoms with Crippen LogP contribution in [0.3, 0.4) is 0 Å². The van der Waals surface area contributed by atoms with E-state index >= 15 is 0 Å². The average molecular weight is 535 g/mol. The fourth-order valence-electron chi connectivity index (χ4n) is 3.45. The molecule has 0 spiro atoms. The summed E-state index contributed by atoms with van der Waals surface area (Å²) in [5, 5.41) is 12.1. The lowest BCUT2D eigenvalue weighted by Gasteiger charge is -2.11. The summed E-state index contributed by atoms with van der Waals surface area (Å²) in [7, 11) is 0. The van der Waals surface area contributed by atoms with Crippen LogP contribution in [0.5, 0.6) is 0 Å². The summed E-state index contributed by atoms with van der Waals surface area (Å²) in [4.78, 5) is 24.1. The fourth-order valence-corrected chi connectivity index (χ4v) is 4.58. The number of amides is 1. The maximum absolute atomic E-state index is 12.9. The molecule has 1 heterocycles. The Morgan fingerprint density at radius 1 is 0.912 bits per heavy atom. The molecule has 0 unspecified atom stereocenters. The van der Waals surface area contributed by atoms with E-state index in [-0.39, 0.29) is 17.4 Å². The molecule has 0 fully saturated rings. The molecule has 0 saturated carbocycles. The molecule has 1 aromatic heterocycles. The number of hydrogen-bond acceptors (Lipinski definition) is 5. The number of benzene rings is 3. The molecule has 1 amide bonds. The van der Waals surface area contributed by atoms with Crippen LogP contribution in [0, 0.1) is 0 Å². The summed E-state index contributed by atoms with van der Waals surface area (Å²) in [6.45, 7) is 1.94. The van der Waals surface area contributed by atoms with Crippen LogP contribution in [0.4, 0.5) is 0 Å². The SMILES string of the molecule is CC(=O)NCCc1nnc(SCC(=O)c2ccc(-c3ccccc3)cc2)n1-c1ccc(Br)cc1. The van der Waals surface area contributed by atoms with Crippen molar-refractivity contribution in [2.75, 3.05) is 12.3 Å². The third-order valence-electron chi connectivity index (χ3n) is 5.15. The number of Topliss-reactive ketones (excluding diaryl/α,β-unsaturated/α-hetero) is 1. The van der Waals surface area contributed by atoms with Gasteiger partial charge in [0, 0.05) is 35.6 Å². The number of nitrogens with one attached hydrogen (secondary N) is 1. The molecular formula is C26H23BrN4O2S. The van der Waals surface area contributed by atoms with Crippen LogP contribution in [0.15, 0.2) is 88.5 Å². The highest BCUT2D eigenvalue weighted by Gasteiger charge is 2.17. The summed E-state index contributed by atoms with van der Waals surface area (Å²) >= 11 is 4.81. The van der Waals surface area contributed by atoms with Crippen molar-refractivity contribution in [3.8, 4) is 16.8 Å². The van der Waals surface area contributed by atoms with Gasteiger partial charge in [0.15, 0.2) is 10.9 Å². The number of carbonyl (C=O) groups is 2. The first kappa shape index (κ1) is 23.9. The first-order valence-electron chi connectivity index (χ1n) is 10.8. The standard InChI is InChI=1S/C26H23BrN4O2S/c1-18(32)28-16-15-25-29-30-26(31(25)23-13-11-22(27)12-14-23)34-17-24(33)21-9-7-20(8-10-21)19-5-3-2-4-6-19/h2-14H,15-17H2,1H3,(H,28,32). The lowest BCUT2D eigenvalue weighted by Crippen LogP contribution is -2.23. The molecule has 0 aliphatic heterocycles. The van der Waals surface area contributed by atoms with Crippen molar-refractivity contribution in [1.29, 1.82) is 0 Å². The normalized spacial score (nSPS) is 10.8. The second-order valence-electron chi connectivity index (χ2n) is 7.60. The number of ketones is 1. The van der Waals surface area contributed by atoms with Crippen molar-refractivity contribution >= 4 is 39.4 Å². The maximum Gasteiger partial charge on any atom is 0.216 e. The zero-order valence-corrected chi connectivity index (χ0v) is 21.0. The van der Waals surface area contributed by atoms with Gasteiger partial charge < -0.3 is 5.32 Å². The lowest BCUT2D eigenvalue weighted by molar-refractivity contribution is -0.118. The molecule has 172 valence electrons. The number of nitrogens with zero attached hydrogens (tertiary/aromatic N) is 3. The molecule has 4 rings (SSSR count). The van der Waals surface area contributed by atoms with Gasteiger partial charge in [-0.15, -0.1) is 10.2 Å². The molecule has 0 aliphatic rings. The van der Waals surface area contributed by atoms with E-state index < -0.39 is 0 Å². The second-order valence-corrected chi connectivity index (χ2v) is 9.46. The molecule has 0 saturated heterocycles. The Morgan fingerprint density at radius 3 is 2.26 bits per heavy atom. The Hall–Kier alpha value is -3.23. The molecule has 8 heteroatoms. The van der Waals surface area contributed by atoms with Crippen molar-refractivity contribution in [2.45, 2.75) is 18.5 Å². The minimum atomic E-state index is -0.0896. The van der Waals surface area contributed by atoms with Gasteiger partial charge in [-0.3, -0.25) is 14.2 Å². The van der Waals surface area contributed by atoms with Gasteiger partial charge in [-0.1, -0.05) is 82.3 Å². The van der Waals surface area contributed by atoms with Crippen LogP contribution >= 0.6 is 27.7 Å². The number of aromatic nitrogens is 3.